The SMILES string of the molecule is CCCCCCCCCC/C=C\CCCCCCCCCCCCCC(=O)OC(COC(=O)CCCCCCCCCCCCCCCCCCC)COP(=O)(O)OCC(N)C(=O)O. The first-order valence-electron chi connectivity index (χ1n) is 26.7. The average Bonchev–Trinajstić information content (AvgIpc) is 3.27. The van der Waals surface area contributed by atoms with Crippen molar-refractivity contribution in [1.82, 2.24) is 0 Å². The first kappa shape index (κ1) is 62.2. The first-order chi connectivity index (χ1) is 31.1. The van der Waals surface area contributed by atoms with E-state index in [2.05, 4.69) is 26.0 Å². The van der Waals surface area contributed by atoms with Crippen molar-refractivity contribution in [2.24, 2.45) is 5.73 Å². The van der Waals surface area contributed by atoms with Crippen LogP contribution >= 0.6 is 7.82 Å². The van der Waals surface area contributed by atoms with Crippen molar-refractivity contribution in [3.8, 4) is 0 Å². The Bertz CT molecular complexity index is 1140. The smallest absolute Gasteiger partial charge is 0.472 e. The average molecular weight is 930 g/mol. The summed E-state index contributed by atoms with van der Waals surface area (Å²) >= 11 is 0. The Balaban J connectivity index is 4.17. The van der Waals surface area contributed by atoms with Gasteiger partial charge >= 0.3 is 25.7 Å². The van der Waals surface area contributed by atoms with Crippen LogP contribution in [0.25, 0.3) is 0 Å². The van der Waals surface area contributed by atoms with E-state index in [1.165, 1.54) is 193 Å². The van der Waals surface area contributed by atoms with E-state index >= 15 is 0 Å². The number of hydrogen-bond donors (Lipinski definition) is 3. The Morgan fingerprint density at radius 2 is 0.781 bits per heavy atom. The molecular weight excluding hydrogens is 830 g/mol. The van der Waals surface area contributed by atoms with Crippen LogP contribution < -0.4 is 5.73 Å². The van der Waals surface area contributed by atoms with Gasteiger partial charge in [-0.2, -0.15) is 0 Å². The van der Waals surface area contributed by atoms with Crippen LogP contribution in [0.2, 0.25) is 0 Å². The number of phosphoric ester groups is 1. The van der Waals surface area contributed by atoms with E-state index in [1.54, 1.807) is 0 Å². The molecule has 0 aromatic carbocycles. The highest BCUT2D eigenvalue weighted by Crippen LogP contribution is 2.43. The molecule has 378 valence electrons. The topological polar surface area (TPSA) is 172 Å². The highest BCUT2D eigenvalue weighted by atomic mass is 31.2. The molecule has 0 heterocycles. The third-order valence-corrected chi connectivity index (χ3v) is 13.0. The first-order valence-corrected chi connectivity index (χ1v) is 28.2. The highest BCUT2D eigenvalue weighted by molar-refractivity contribution is 7.47. The van der Waals surface area contributed by atoms with Crippen molar-refractivity contribution in [3.05, 3.63) is 12.2 Å². The number of carbonyl (C=O) groups is 3. The molecule has 0 fully saturated rings. The van der Waals surface area contributed by atoms with Gasteiger partial charge in [-0.05, 0) is 38.5 Å². The van der Waals surface area contributed by atoms with Gasteiger partial charge in [0.05, 0.1) is 13.2 Å². The third-order valence-electron chi connectivity index (χ3n) is 12.0. The lowest BCUT2D eigenvalue weighted by molar-refractivity contribution is -0.161. The number of carbonyl (C=O) groups excluding carboxylic acids is 2. The van der Waals surface area contributed by atoms with E-state index in [4.69, 9.17) is 29.4 Å². The zero-order chi connectivity index (χ0) is 47.0. The van der Waals surface area contributed by atoms with Crippen molar-refractivity contribution in [2.75, 3.05) is 19.8 Å². The molecule has 0 rings (SSSR count). The molecule has 0 aliphatic heterocycles. The minimum Gasteiger partial charge on any atom is -0.480 e. The van der Waals surface area contributed by atoms with Crippen molar-refractivity contribution < 1.29 is 47.5 Å². The second-order valence-corrected chi connectivity index (χ2v) is 19.8. The molecule has 0 bridgehead atoms. The minimum atomic E-state index is -4.72. The maximum Gasteiger partial charge on any atom is 0.472 e. The molecule has 4 N–H and O–H groups in total. The molecule has 0 aromatic heterocycles. The summed E-state index contributed by atoms with van der Waals surface area (Å²) in [5.74, 6) is -2.36. The predicted octanol–water partition coefficient (Wildman–Crippen LogP) is 15.2. The van der Waals surface area contributed by atoms with Gasteiger partial charge in [-0.3, -0.25) is 23.4 Å². The molecule has 0 aromatic rings. The fraction of sp³-hybridized carbons (Fsp3) is 0.904. The molecule has 0 saturated carbocycles. The molecule has 0 radical (unpaired) electrons. The van der Waals surface area contributed by atoms with Crippen molar-refractivity contribution in [1.29, 1.82) is 0 Å². The molecule has 0 aliphatic carbocycles. The number of unbranched alkanes of at least 4 members (excludes halogenated alkanes) is 35. The zero-order valence-electron chi connectivity index (χ0n) is 41.4. The lowest BCUT2D eigenvalue weighted by Crippen LogP contribution is -2.34. The number of ether oxygens (including phenoxy) is 2. The van der Waals surface area contributed by atoms with E-state index in [0.717, 1.165) is 38.5 Å². The number of aliphatic carboxylic acids is 1. The number of rotatable bonds is 51. The minimum absolute atomic E-state index is 0.166. The van der Waals surface area contributed by atoms with Crippen LogP contribution in [0.15, 0.2) is 12.2 Å². The van der Waals surface area contributed by atoms with Gasteiger partial charge in [-0.1, -0.05) is 231 Å². The van der Waals surface area contributed by atoms with E-state index in [1.807, 2.05) is 0 Å². The van der Waals surface area contributed by atoms with Crippen LogP contribution in [-0.4, -0.2) is 59.9 Å². The number of phosphoric acid groups is 1. The second kappa shape index (κ2) is 47.7. The summed E-state index contributed by atoms with van der Waals surface area (Å²) in [5, 5.41) is 8.93. The number of esters is 2. The monoisotopic (exact) mass is 930 g/mol. The molecule has 0 saturated heterocycles. The summed E-state index contributed by atoms with van der Waals surface area (Å²) < 4.78 is 32.9. The van der Waals surface area contributed by atoms with Crippen molar-refractivity contribution in [3.63, 3.8) is 0 Å². The van der Waals surface area contributed by atoms with Crippen LogP contribution in [0, 0.1) is 0 Å². The quantitative estimate of drug-likeness (QED) is 0.0229. The summed E-state index contributed by atoms with van der Waals surface area (Å²) in [5.41, 5.74) is 5.36. The van der Waals surface area contributed by atoms with Gasteiger partial charge in [0.1, 0.15) is 12.6 Å². The molecule has 64 heavy (non-hydrogen) atoms. The normalized spacial score (nSPS) is 13.6. The van der Waals surface area contributed by atoms with Crippen LogP contribution in [0.5, 0.6) is 0 Å². The maximum atomic E-state index is 12.7. The van der Waals surface area contributed by atoms with Gasteiger partial charge in [0.2, 0.25) is 0 Å². The van der Waals surface area contributed by atoms with Gasteiger partial charge in [0.25, 0.3) is 0 Å². The van der Waals surface area contributed by atoms with Gasteiger partial charge in [-0.15, -0.1) is 0 Å². The van der Waals surface area contributed by atoms with E-state index in [9.17, 15) is 23.8 Å². The Hall–Kier alpha value is -1.78. The number of hydrogen-bond acceptors (Lipinski definition) is 9. The lowest BCUT2D eigenvalue weighted by atomic mass is 10.0. The van der Waals surface area contributed by atoms with Crippen LogP contribution in [-0.2, 0) is 37.5 Å². The van der Waals surface area contributed by atoms with Crippen LogP contribution in [0.1, 0.15) is 271 Å². The Kier molecular flexibility index (Phi) is 46.4. The fourth-order valence-electron chi connectivity index (χ4n) is 7.83. The standard InChI is InChI=1S/C52H100NO10P/c1-3-5-7-9-11-13-15-17-19-21-22-23-24-25-26-28-30-32-34-36-38-40-42-44-51(55)63-48(46-61-64(58,59)62-47-49(53)52(56)57)45-60-50(54)43-41-39-37-35-33-31-29-27-20-18-16-14-12-10-8-6-4-2/h21-22,48-49H,3-20,23-47,53H2,1-2H3,(H,56,57)(H,58,59)/b22-21-. The Labute approximate surface area is 392 Å². The van der Waals surface area contributed by atoms with Gasteiger partial charge in [0, 0.05) is 12.8 Å². The number of allylic oxidation sites excluding steroid dienone is 2. The Morgan fingerprint density at radius 1 is 0.469 bits per heavy atom. The highest BCUT2D eigenvalue weighted by Gasteiger charge is 2.28. The molecule has 12 heteroatoms. The summed E-state index contributed by atoms with van der Waals surface area (Å²) in [6.07, 6.45) is 51.3. The van der Waals surface area contributed by atoms with E-state index < -0.39 is 51.1 Å². The molecule has 0 aliphatic rings. The van der Waals surface area contributed by atoms with E-state index in [-0.39, 0.29) is 19.4 Å². The summed E-state index contributed by atoms with van der Waals surface area (Å²) in [7, 11) is -4.72. The molecular formula is C52H100NO10P. The fourth-order valence-corrected chi connectivity index (χ4v) is 8.61. The van der Waals surface area contributed by atoms with E-state index in [0.29, 0.717) is 12.8 Å². The van der Waals surface area contributed by atoms with Crippen LogP contribution in [0.3, 0.4) is 0 Å². The van der Waals surface area contributed by atoms with Crippen LogP contribution in [0.4, 0.5) is 0 Å². The van der Waals surface area contributed by atoms with Gasteiger partial charge in [0.15, 0.2) is 6.10 Å². The molecule has 0 amide bonds. The molecule has 3 atom stereocenters. The number of nitrogens with two attached hydrogens (primary N) is 1. The van der Waals surface area contributed by atoms with Crippen molar-refractivity contribution >= 4 is 25.7 Å². The summed E-state index contributed by atoms with van der Waals surface area (Å²) in [6.45, 7) is 2.86. The largest absolute Gasteiger partial charge is 0.480 e. The summed E-state index contributed by atoms with van der Waals surface area (Å²) in [6, 6.07) is -1.52. The number of carboxylic acid groups (broad SMARTS) is 1. The molecule has 0 spiro atoms. The second-order valence-electron chi connectivity index (χ2n) is 18.4. The lowest BCUT2D eigenvalue weighted by Gasteiger charge is -2.20. The zero-order valence-corrected chi connectivity index (χ0v) is 42.3. The molecule has 3 unspecified atom stereocenters. The number of carboxylic acids is 1. The van der Waals surface area contributed by atoms with Crippen molar-refractivity contribution in [2.45, 2.75) is 283 Å². The maximum absolute atomic E-state index is 12.7. The van der Waals surface area contributed by atoms with Gasteiger partial charge in [-0.25, -0.2) is 4.57 Å². The molecule has 11 nitrogen and oxygen atoms in total. The van der Waals surface area contributed by atoms with Gasteiger partial charge < -0.3 is 25.2 Å². The Morgan fingerprint density at radius 3 is 1.14 bits per heavy atom. The predicted molar refractivity (Wildman–Crippen MR) is 263 cm³/mol. The third kappa shape index (κ3) is 46.7. The summed E-state index contributed by atoms with van der Waals surface area (Å²) in [4.78, 5) is 46.2.